The first kappa shape index (κ1) is 16.3. The van der Waals surface area contributed by atoms with Crippen molar-refractivity contribution in [3.8, 4) is 0 Å². The maximum Gasteiger partial charge on any atom is 0.215 e. The quantitative estimate of drug-likeness (QED) is 0.464. The highest BCUT2D eigenvalue weighted by molar-refractivity contribution is 7.99. The second-order valence-corrected chi connectivity index (χ2v) is 7.12. The summed E-state index contributed by atoms with van der Waals surface area (Å²) in [6.07, 6.45) is 0.739. The Bertz CT molecular complexity index is 460. The van der Waals surface area contributed by atoms with Crippen molar-refractivity contribution in [2.75, 3.05) is 30.4 Å². The van der Waals surface area contributed by atoms with Crippen LogP contribution in [0.5, 0.6) is 0 Å². The summed E-state index contributed by atoms with van der Waals surface area (Å²) in [6, 6.07) is 6.81. The van der Waals surface area contributed by atoms with Crippen LogP contribution >= 0.6 is 11.8 Å². The molecule has 0 saturated carbocycles. The van der Waals surface area contributed by atoms with E-state index in [1.807, 2.05) is 0 Å². The molecule has 5 nitrogen and oxygen atoms in total. The van der Waals surface area contributed by atoms with Crippen molar-refractivity contribution in [2.45, 2.75) is 12.2 Å². The van der Waals surface area contributed by atoms with Gasteiger partial charge >= 0.3 is 0 Å². The number of hydrogen-bond acceptors (Lipinski definition) is 5. The SMILES string of the molecule is Nc1ccc(CS(=O)(=O)NCCSCCCO)cc1. The van der Waals surface area contributed by atoms with Gasteiger partial charge < -0.3 is 10.8 Å². The fourth-order valence-corrected chi connectivity index (χ4v) is 3.48. The van der Waals surface area contributed by atoms with Gasteiger partial charge in [0.15, 0.2) is 0 Å². The molecule has 0 aliphatic heterocycles. The number of aliphatic hydroxyl groups excluding tert-OH is 1. The molecule has 0 bridgehead atoms. The Kier molecular flexibility index (Phi) is 7.22. The highest BCUT2D eigenvalue weighted by atomic mass is 32.2. The molecule has 19 heavy (non-hydrogen) atoms. The molecule has 0 saturated heterocycles. The molecule has 0 radical (unpaired) electrons. The topological polar surface area (TPSA) is 92.4 Å². The molecule has 0 unspecified atom stereocenters. The second-order valence-electron chi connectivity index (χ2n) is 4.08. The zero-order valence-electron chi connectivity index (χ0n) is 10.7. The third kappa shape index (κ3) is 7.41. The first-order chi connectivity index (χ1) is 9.03. The van der Waals surface area contributed by atoms with Gasteiger partial charge in [0.05, 0.1) is 5.75 Å². The van der Waals surface area contributed by atoms with Gasteiger partial charge in [0, 0.05) is 24.6 Å². The van der Waals surface area contributed by atoms with Crippen molar-refractivity contribution in [3.05, 3.63) is 29.8 Å². The fraction of sp³-hybridized carbons (Fsp3) is 0.500. The second kappa shape index (κ2) is 8.42. The molecule has 4 N–H and O–H groups in total. The smallest absolute Gasteiger partial charge is 0.215 e. The van der Waals surface area contributed by atoms with Gasteiger partial charge in [0.2, 0.25) is 10.0 Å². The molecular weight excluding hydrogens is 284 g/mol. The van der Waals surface area contributed by atoms with E-state index in [1.54, 1.807) is 36.0 Å². The summed E-state index contributed by atoms with van der Waals surface area (Å²) >= 11 is 1.62. The Morgan fingerprint density at radius 3 is 2.53 bits per heavy atom. The fourth-order valence-electron chi connectivity index (χ4n) is 1.42. The van der Waals surface area contributed by atoms with Crippen LogP contribution < -0.4 is 10.5 Å². The van der Waals surface area contributed by atoms with Gasteiger partial charge in [-0.3, -0.25) is 0 Å². The minimum atomic E-state index is -3.29. The molecule has 1 aromatic carbocycles. The van der Waals surface area contributed by atoms with E-state index in [0.717, 1.165) is 17.7 Å². The minimum Gasteiger partial charge on any atom is -0.399 e. The molecule has 1 aromatic rings. The standard InChI is InChI=1S/C12H20N2O3S2/c13-12-4-2-11(3-5-12)10-19(16,17)14-6-9-18-8-1-7-15/h2-5,14-15H,1,6-10,13H2. The number of rotatable bonds is 9. The van der Waals surface area contributed by atoms with Crippen LogP contribution in [0.25, 0.3) is 0 Å². The summed E-state index contributed by atoms with van der Waals surface area (Å²) in [4.78, 5) is 0. The minimum absolute atomic E-state index is 0.0331. The van der Waals surface area contributed by atoms with Gasteiger partial charge in [-0.2, -0.15) is 11.8 Å². The lowest BCUT2D eigenvalue weighted by molar-refractivity contribution is 0.296. The highest BCUT2D eigenvalue weighted by Gasteiger charge is 2.10. The van der Waals surface area contributed by atoms with E-state index in [-0.39, 0.29) is 12.4 Å². The Morgan fingerprint density at radius 1 is 1.21 bits per heavy atom. The van der Waals surface area contributed by atoms with Crippen LogP contribution in [0.15, 0.2) is 24.3 Å². The molecule has 0 aliphatic carbocycles. The van der Waals surface area contributed by atoms with E-state index in [9.17, 15) is 8.42 Å². The van der Waals surface area contributed by atoms with Crippen molar-refractivity contribution >= 4 is 27.5 Å². The molecule has 0 amide bonds. The maximum atomic E-state index is 11.8. The first-order valence-corrected chi connectivity index (χ1v) is 8.84. The number of benzene rings is 1. The molecule has 0 fully saturated rings. The lowest BCUT2D eigenvalue weighted by atomic mass is 10.2. The molecule has 1 rings (SSSR count). The van der Waals surface area contributed by atoms with Crippen molar-refractivity contribution in [1.29, 1.82) is 0 Å². The molecule has 0 atom stereocenters. The van der Waals surface area contributed by atoms with Crippen LogP contribution in [0.3, 0.4) is 0 Å². The molecule has 0 heterocycles. The molecule has 0 spiro atoms. The van der Waals surface area contributed by atoms with Crippen LogP contribution in [-0.2, 0) is 15.8 Å². The molecule has 0 aromatic heterocycles. The number of nitrogen functional groups attached to an aromatic ring is 1. The third-order valence-electron chi connectivity index (χ3n) is 2.35. The lowest BCUT2D eigenvalue weighted by Crippen LogP contribution is -2.27. The normalized spacial score (nSPS) is 11.6. The van der Waals surface area contributed by atoms with E-state index in [1.165, 1.54) is 0 Å². The maximum absolute atomic E-state index is 11.8. The highest BCUT2D eigenvalue weighted by Crippen LogP contribution is 2.08. The van der Waals surface area contributed by atoms with E-state index < -0.39 is 10.0 Å². The molecule has 108 valence electrons. The van der Waals surface area contributed by atoms with E-state index >= 15 is 0 Å². The molecule has 7 heteroatoms. The van der Waals surface area contributed by atoms with Crippen LogP contribution in [0.2, 0.25) is 0 Å². The summed E-state index contributed by atoms with van der Waals surface area (Å²) < 4.78 is 26.1. The Hall–Kier alpha value is -0.760. The number of nitrogens with one attached hydrogen (secondary N) is 1. The first-order valence-electron chi connectivity index (χ1n) is 6.04. The Morgan fingerprint density at radius 2 is 1.89 bits per heavy atom. The number of nitrogens with two attached hydrogens (primary N) is 1. The largest absolute Gasteiger partial charge is 0.399 e. The van der Waals surface area contributed by atoms with Gasteiger partial charge in [-0.05, 0) is 29.9 Å². The molecule has 0 aliphatic rings. The van der Waals surface area contributed by atoms with Gasteiger partial charge in [-0.25, -0.2) is 13.1 Å². The average molecular weight is 304 g/mol. The zero-order chi connectivity index (χ0) is 14.1. The Balaban J connectivity index is 2.30. The summed E-state index contributed by atoms with van der Waals surface area (Å²) in [5.74, 6) is 1.52. The van der Waals surface area contributed by atoms with Gasteiger partial charge in [0.1, 0.15) is 0 Å². The van der Waals surface area contributed by atoms with Crippen LogP contribution in [0, 0.1) is 0 Å². The number of hydrogen-bond donors (Lipinski definition) is 3. The number of anilines is 1. The van der Waals surface area contributed by atoms with Crippen molar-refractivity contribution < 1.29 is 13.5 Å². The van der Waals surface area contributed by atoms with Crippen LogP contribution in [0.4, 0.5) is 5.69 Å². The summed E-state index contributed by atoms with van der Waals surface area (Å²) in [6.45, 7) is 0.587. The van der Waals surface area contributed by atoms with Gasteiger partial charge in [-0.1, -0.05) is 12.1 Å². The van der Waals surface area contributed by atoms with Crippen molar-refractivity contribution in [3.63, 3.8) is 0 Å². The molecular formula is C12H20N2O3S2. The average Bonchev–Trinajstić information content (AvgIpc) is 2.36. The summed E-state index contributed by atoms with van der Waals surface area (Å²) in [7, 11) is -3.29. The Labute approximate surface area is 118 Å². The number of sulfonamides is 1. The van der Waals surface area contributed by atoms with E-state index in [4.69, 9.17) is 10.8 Å². The third-order valence-corrected chi connectivity index (χ3v) is 4.78. The van der Waals surface area contributed by atoms with Crippen molar-refractivity contribution in [2.24, 2.45) is 0 Å². The zero-order valence-corrected chi connectivity index (χ0v) is 12.3. The van der Waals surface area contributed by atoms with Gasteiger partial charge in [-0.15, -0.1) is 0 Å². The van der Waals surface area contributed by atoms with Crippen LogP contribution in [0.1, 0.15) is 12.0 Å². The summed E-state index contributed by atoms with van der Waals surface area (Å²) in [5, 5.41) is 8.60. The van der Waals surface area contributed by atoms with E-state index in [0.29, 0.717) is 18.0 Å². The number of aliphatic hydroxyl groups is 1. The summed E-state index contributed by atoms with van der Waals surface area (Å²) in [5.41, 5.74) is 6.88. The predicted octanol–water partition coefficient (Wildman–Crippen LogP) is 0.804. The van der Waals surface area contributed by atoms with Crippen LogP contribution in [-0.4, -0.2) is 38.2 Å². The van der Waals surface area contributed by atoms with E-state index in [2.05, 4.69) is 4.72 Å². The van der Waals surface area contributed by atoms with Gasteiger partial charge in [0.25, 0.3) is 0 Å². The lowest BCUT2D eigenvalue weighted by Gasteiger charge is -2.07. The van der Waals surface area contributed by atoms with Crippen molar-refractivity contribution in [1.82, 2.24) is 4.72 Å². The number of thioether (sulfide) groups is 1. The monoisotopic (exact) mass is 304 g/mol. The predicted molar refractivity (Wildman–Crippen MR) is 80.5 cm³/mol.